The van der Waals surface area contributed by atoms with E-state index < -0.39 is 0 Å². The first kappa shape index (κ1) is 13.1. The molecule has 0 radical (unpaired) electrons. The lowest BCUT2D eigenvalue weighted by atomic mass is 10.0. The highest BCUT2D eigenvalue weighted by molar-refractivity contribution is 5.63. The van der Waals surface area contributed by atoms with Crippen molar-refractivity contribution in [3.8, 4) is 17.0 Å². The number of benzene rings is 1. The van der Waals surface area contributed by atoms with Gasteiger partial charge in [-0.1, -0.05) is 18.2 Å². The smallest absolute Gasteiger partial charge is 0.212 e. The molecule has 4 nitrogen and oxygen atoms in total. The summed E-state index contributed by atoms with van der Waals surface area (Å²) in [6.07, 6.45) is 1.97. The van der Waals surface area contributed by atoms with E-state index in [0.29, 0.717) is 5.88 Å². The lowest BCUT2D eigenvalue weighted by molar-refractivity contribution is 0.0277. The van der Waals surface area contributed by atoms with Gasteiger partial charge in [0.2, 0.25) is 5.88 Å². The molecule has 104 valence electrons. The number of aromatic nitrogens is 1. The molecule has 2 heterocycles. The minimum absolute atomic E-state index is 0.134. The number of pyridine rings is 1. The first-order valence-corrected chi connectivity index (χ1v) is 6.79. The highest BCUT2D eigenvalue weighted by Gasteiger charge is 2.15. The van der Waals surface area contributed by atoms with Crippen molar-refractivity contribution in [2.75, 3.05) is 26.8 Å². The van der Waals surface area contributed by atoms with Gasteiger partial charge in [0.05, 0.1) is 19.8 Å². The van der Waals surface area contributed by atoms with Crippen LogP contribution < -0.4 is 10.1 Å². The topological polar surface area (TPSA) is 43.4 Å². The summed E-state index contributed by atoms with van der Waals surface area (Å²) in [7, 11) is 1.62. The average molecular weight is 270 g/mol. The zero-order valence-electron chi connectivity index (χ0n) is 11.5. The Bertz CT molecular complexity index is 563. The van der Waals surface area contributed by atoms with Crippen LogP contribution in [-0.4, -0.2) is 31.8 Å². The van der Waals surface area contributed by atoms with Crippen molar-refractivity contribution in [3.05, 3.63) is 48.2 Å². The van der Waals surface area contributed by atoms with Gasteiger partial charge in [-0.2, -0.15) is 0 Å². The fraction of sp³-hybridized carbons (Fsp3) is 0.312. The number of rotatable bonds is 3. The highest BCUT2D eigenvalue weighted by Crippen LogP contribution is 2.25. The normalized spacial score (nSPS) is 18.8. The molecular weight excluding hydrogens is 252 g/mol. The predicted octanol–water partition coefficient (Wildman–Crippen LogP) is 2.42. The molecule has 20 heavy (non-hydrogen) atoms. The summed E-state index contributed by atoms with van der Waals surface area (Å²) < 4.78 is 10.9. The molecule has 1 saturated heterocycles. The standard InChI is InChI=1S/C16H18N2O2/c1-19-16-6-5-14(10-18-16)12-3-2-4-13(9-12)15-11-17-7-8-20-15/h2-6,9-10,15,17H,7-8,11H2,1H3. The third-order valence-electron chi connectivity index (χ3n) is 3.46. The number of methoxy groups -OCH3 is 1. The summed E-state index contributed by atoms with van der Waals surface area (Å²) in [5.74, 6) is 0.629. The number of nitrogens with one attached hydrogen (secondary N) is 1. The van der Waals surface area contributed by atoms with Crippen molar-refractivity contribution < 1.29 is 9.47 Å². The number of ether oxygens (including phenoxy) is 2. The van der Waals surface area contributed by atoms with Gasteiger partial charge in [-0.25, -0.2) is 4.98 Å². The van der Waals surface area contributed by atoms with Crippen LogP contribution >= 0.6 is 0 Å². The van der Waals surface area contributed by atoms with Crippen molar-refractivity contribution in [3.63, 3.8) is 0 Å². The van der Waals surface area contributed by atoms with Gasteiger partial charge < -0.3 is 14.8 Å². The third kappa shape index (κ3) is 2.81. The zero-order valence-corrected chi connectivity index (χ0v) is 11.5. The van der Waals surface area contributed by atoms with E-state index >= 15 is 0 Å². The molecule has 1 aliphatic rings. The summed E-state index contributed by atoms with van der Waals surface area (Å²) in [6, 6.07) is 12.3. The molecule has 2 aromatic rings. The van der Waals surface area contributed by atoms with Crippen molar-refractivity contribution in [2.45, 2.75) is 6.10 Å². The first-order valence-electron chi connectivity index (χ1n) is 6.79. The van der Waals surface area contributed by atoms with Gasteiger partial charge >= 0.3 is 0 Å². The van der Waals surface area contributed by atoms with Crippen LogP contribution in [0.3, 0.4) is 0 Å². The highest BCUT2D eigenvalue weighted by atomic mass is 16.5. The maximum atomic E-state index is 5.79. The number of morpholine rings is 1. The summed E-state index contributed by atoms with van der Waals surface area (Å²) in [5, 5.41) is 3.35. The molecule has 1 N–H and O–H groups in total. The van der Waals surface area contributed by atoms with Crippen molar-refractivity contribution >= 4 is 0 Å². The van der Waals surface area contributed by atoms with Crippen LogP contribution in [0.4, 0.5) is 0 Å². The van der Waals surface area contributed by atoms with E-state index in [4.69, 9.17) is 9.47 Å². The Morgan fingerprint density at radius 3 is 2.90 bits per heavy atom. The van der Waals surface area contributed by atoms with E-state index in [0.717, 1.165) is 30.8 Å². The van der Waals surface area contributed by atoms with Gasteiger partial charge in [-0.05, 0) is 23.3 Å². The van der Waals surface area contributed by atoms with Crippen molar-refractivity contribution in [1.29, 1.82) is 0 Å². The molecular formula is C16H18N2O2. The van der Waals surface area contributed by atoms with Crippen molar-refractivity contribution in [1.82, 2.24) is 10.3 Å². The van der Waals surface area contributed by atoms with E-state index in [1.807, 2.05) is 18.3 Å². The summed E-state index contributed by atoms with van der Waals surface area (Å²) in [5.41, 5.74) is 3.42. The van der Waals surface area contributed by atoms with Crippen LogP contribution in [0.15, 0.2) is 42.6 Å². The lowest BCUT2D eigenvalue weighted by Gasteiger charge is -2.24. The van der Waals surface area contributed by atoms with E-state index in [1.165, 1.54) is 5.56 Å². The molecule has 1 aromatic carbocycles. The molecule has 1 aliphatic heterocycles. The first-order chi connectivity index (χ1) is 9.86. The fourth-order valence-electron chi connectivity index (χ4n) is 2.37. The molecule has 1 atom stereocenters. The summed E-state index contributed by atoms with van der Waals surface area (Å²) in [4.78, 5) is 4.25. The Morgan fingerprint density at radius 1 is 1.25 bits per heavy atom. The molecule has 0 saturated carbocycles. The molecule has 4 heteroatoms. The van der Waals surface area contributed by atoms with Crippen LogP contribution in [0.25, 0.3) is 11.1 Å². The van der Waals surface area contributed by atoms with Crippen LogP contribution in [0, 0.1) is 0 Å². The molecule has 1 aromatic heterocycles. The third-order valence-corrected chi connectivity index (χ3v) is 3.46. The Hall–Kier alpha value is -1.91. The molecule has 3 rings (SSSR count). The van der Waals surface area contributed by atoms with E-state index in [-0.39, 0.29) is 6.10 Å². The van der Waals surface area contributed by atoms with E-state index in [1.54, 1.807) is 7.11 Å². The minimum Gasteiger partial charge on any atom is -0.481 e. The minimum atomic E-state index is 0.134. The van der Waals surface area contributed by atoms with Gasteiger partial charge in [-0.3, -0.25) is 0 Å². The molecule has 0 aliphatic carbocycles. The number of hydrogen-bond acceptors (Lipinski definition) is 4. The monoisotopic (exact) mass is 270 g/mol. The van der Waals surface area contributed by atoms with Gasteiger partial charge in [0, 0.05) is 30.9 Å². The number of nitrogens with zero attached hydrogens (tertiary/aromatic N) is 1. The summed E-state index contributed by atoms with van der Waals surface area (Å²) in [6.45, 7) is 2.56. The molecule has 1 unspecified atom stereocenters. The van der Waals surface area contributed by atoms with Gasteiger partial charge in [-0.15, -0.1) is 0 Å². The molecule has 0 bridgehead atoms. The summed E-state index contributed by atoms with van der Waals surface area (Å²) >= 11 is 0. The average Bonchev–Trinajstić information content (AvgIpc) is 2.56. The van der Waals surface area contributed by atoms with Crippen LogP contribution in [0.5, 0.6) is 5.88 Å². The number of hydrogen-bond donors (Lipinski definition) is 1. The maximum absolute atomic E-state index is 5.79. The van der Waals surface area contributed by atoms with Gasteiger partial charge in [0.25, 0.3) is 0 Å². The van der Waals surface area contributed by atoms with E-state index in [2.05, 4.69) is 34.6 Å². The lowest BCUT2D eigenvalue weighted by Crippen LogP contribution is -2.33. The van der Waals surface area contributed by atoms with E-state index in [9.17, 15) is 0 Å². The largest absolute Gasteiger partial charge is 0.481 e. The zero-order chi connectivity index (χ0) is 13.8. The van der Waals surface area contributed by atoms with Crippen LogP contribution in [0.1, 0.15) is 11.7 Å². The second kappa shape index (κ2) is 6.03. The molecule has 0 spiro atoms. The van der Waals surface area contributed by atoms with Gasteiger partial charge in [0.15, 0.2) is 0 Å². The van der Waals surface area contributed by atoms with Crippen LogP contribution in [-0.2, 0) is 4.74 Å². The molecule has 0 amide bonds. The second-order valence-corrected chi connectivity index (χ2v) is 4.78. The van der Waals surface area contributed by atoms with Gasteiger partial charge in [0.1, 0.15) is 0 Å². The fourth-order valence-corrected chi connectivity index (χ4v) is 2.37. The Morgan fingerprint density at radius 2 is 2.20 bits per heavy atom. The Labute approximate surface area is 118 Å². The quantitative estimate of drug-likeness (QED) is 0.930. The second-order valence-electron chi connectivity index (χ2n) is 4.78. The van der Waals surface area contributed by atoms with Crippen molar-refractivity contribution in [2.24, 2.45) is 0 Å². The Kier molecular flexibility index (Phi) is 3.95. The Balaban J connectivity index is 1.85. The van der Waals surface area contributed by atoms with Crippen LogP contribution in [0.2, 0.25) is 0 Å². The molecule has 1 fully saturated rings. The predicted molar refractivity (Wildman–Crippen MR) is 77.8 cm³/mol. The maximum Gasteiger partial charge on any atom is 0.212 e. The SMILES string of the molecule is COc1ccc(-c2cccc(C3CNCCO3)c2)cn1.